The number of nitrogens with one attached hydrogen (secondary N) is 3. The van der Waals surface area contributed by atoms with Crippen molar-refractivity contribution in [2.24, 2.45) is 0 Å². The van der Waals surface area contributed by atoms with Gasteiger partial charge in [-0.1, -0.05) is 29.7 Å². The molecule has 3 aromatic rings. The highest BCUT2D eigenvalue weighted by molar-refractivity contribution is 6.30. The van der Waals surface area contributed by atoms with E-state index in [1.807, 2.05) is 5.32 Å². The molecule has 0 unspecified atom stereocenters. The summed E-state index contributed by atoms with van der Waals surface area (Å²) in [4.78, 5) is 43.9. The molecule has 1 aliphatic rings. The fourth-order valence-electron chi connectivity index (χ4n) is 4.26. The Balaban J connectivity index is 1.60. The zero-order chi connectivity index (χ0) is 30.6. The monoisotopic (exact) mass is 613 g/mol. The van der Waals surface area contributed by atoms with Gasteiger partial charge in [0.05, 0.1) is 24.2 Å². The zero-order valence-corrected chi connectivity index (χ0v) is 22.8. The minimum atomic E-state index is -4.65. The summed E-state index contributed by atoms with van der Waals surface area (Å²) in [5, 5.41) is 13.8. The van der Waals surface area contributed by atoms with E-state index in [4.69, 9.17) is 16.3 Å². The molecule has 3 N–H and O–H groups in total. The molecule has 0 radical (unpaired) electrons. The van der Waals surface area contributed by atoms with Gasteiger partial charge in [-0.05, 0) is 47.0 Å². The van der Waals surface area contributed by atoms with E-state index < -0.39 is 54.5 Å². The minimum absolute atomic E-state index is 0.0598. The maximum atomic E-state index is 13.9. The van der Waals surface area contributed by atoms with Gasteiger partial charge in [0.1, 0.15) is 29.4 Å². The number of ether oxygens (including phenoxy) is 1. The molecule has 0 aliphatic carbocycles. The lowest BCUT2D eigenvalue weighted by Crippen LogP contribution is -2.40. The Morgan fingerprint density at radius 2 is 2.00 bits per heavy atom. The lowest BCUT2D eigenvalue weighted by molar-refractivity contribution is -0.150. The summed E-state index contributed by atoms with van der Waals surface area (Å²) in [7, 11) is 1.32. The fraction of sp³-hybridized carbons (Fsp3) is 0.360. The van der Waals surface area contributed by atoms with Gasteiger partial charge >= 0.3 is 12.2 Å². The number of aromatic nitrogens is 3. The second kappa shape index (κ2) is 12.7. The normalized spacial score (nSPS) is 16.6. The standard InChI is InChI=1S/C25H24ClF4N7O5/c1-3-16-21(36-42-35-16)23(39)34-20(13-4-5-15(27)14(26)8-13)22(38)33-19-9-12(6-7-31-19)17(11-41-2)37-10-18(25(28,29)30)32-24(37)40/h4-9,17-18,20H,3,10-11H2,1-2H3,(H,32,40)(H,34,39)(H,31,33,38)/t17-,18+,20+/m1/s1. The highest BCUT2D eigenvalue weighted by Crippen LogP contribution is 2.31. The quantitative estimate of drug-likeness (QED) is 0.294. The Hall–Kier alpha value is -4.31. The maximum absolute atomic E-state index is 13.9. The van der Waals surface area contributed by atoms with Crippen LogP contribution in [0.1, 0.15) is 46.3 Å². The molecular formula is C25H24ClF4N7O5. The van der Waals surface area contributed by atoms with Crippen LogP contribution in [0.5, 0.6) is 0 Å². The van der Waals surface area contributed by atoms with E-state index >= 15 is 0 Å². The molecule has 4 rings (SSSR count). The van der Waals surface area contributed by atoms with E-state index in [9.17, 15) is 31.9 Å². The molecule has 1 fully saturated rings. The van der Waals surface area contributed by atoms with E-state index in [1.165, 1.54) is 31.5 Å². The number of halogens is 5. The summed E-state index contributed by atoms with van der Waals surface area (Å²) < 4.78 is 63.4. The van der Waals surface area contributed by atoms with Crippen LogP contribution in [0.15, 0.2) is 41.2 Å². The van der Waals surface area contributed by atoms with Crippen LogP contribution in [0, 0.1) is 5.82 Å². The first-order valence-corrected chi connectivity index (χ1v) is 12.8. The molecule has 3 atom stereocenters. The third-order valence-electron chi connectivity index (χ3n) is 6.37. The summed E-state index contributed by atoms with van der Waals surface area (Å²) in [5.41, 5.74) is 0.502. The van der Waals surface area contributed by atoms with Crippen molar-refractivity contribution in [3.05, 3.63) is 69.9 Å². The van der Waals surface area contributed by atoms with Crippen molar-refractivity contribution in [1.82, 2.24) is 30.8 Å². The summed E-state index contributed by atoms with van der Waals surface area (Å²) >= 11 is 5.92. The third kappa shape index (κ3) is 6.76. The number of carbonyl (C=O) groups excluding carboxylic acids is 3. The van der Waals surface area contributed by atoms with Crippen LogP contribution in [0.2, 0.25) is 5.02 Å². The predicted molar refractivity (Wildman–Crippen MR) is 138 cm³/mol. The number of hydrogen-bond donors (Lipinski definition) is 3. The number of nitrogens with zero attached hydrogens (tertiary/aromatic N) is 4. The maximum Gasteiger partial charge on any atom is 0.410 e. The summed E-state index contributed by atoms with van der Waals surface area (Å²) in [6, 6.07) is 0.827. The van der Waals surface area contributed by atoms with Crippen molar-refractivity contribution < 1.29 is 41.3 Å². The predicted octanol–water partition coefficient (Wildman–Crippen LogP) is 3.57. The summed E-state index contributed by atoms with van der Waals surface area (Å²) in [6.45, 7) is 0.898. The van der Waals surface area contributed by atoms with Crippen LogP contribution in [-0.4, -0.2) is 70.5 Å². The molecule has 1 aromatic carbocycles. The van der Waals surface area contributed by atoms with Crippen molar-refractivity contribution in [3.8, 4) is 0 Å². The molecule has 1 saturated heterocycles. The molecule has 4 amide bonds. The van der Waals surface area contributed by atoms with E-state index in [-0.39, 0.29) is 34.4 Å². The molecule has 224 valence electrons. The van der Waals surface area contributed by atoms with E-state index in [1.54, 1.807) is 6.92 Å². The molecule has 1 aliphatic heterocycles. The number of hydrogen-bond acceptors (Lipinski definition) is 8. The Labute approximate surface area is 240 Å². The molecule has 3 heterocycles. The van der Waals surface area contributed by atoms with Crippen molar-refractivity contribution in [2.75, 3.05) is 25.6 Å². The molecule has 0 bridgehead atoms. The highest BCUT2D eigenvalue weighted by atomic mass is 35.5. The zero-order valence-electron chi connectivity index (χ0n) is 22.0. The largest absolute Gasteiger partial charge is 0.410 e. The van der Waals surface area contributed by atoms with Gasteiger partial charge in [0.15, 0.2) is 5.69 Å². The molecular weight excluding hydrogens is 590 g/mol. The number of urea groups is 1. The number of benzene rings is 1. The number of pyridine rings is 1. The first kappa shape index (κ1) is 30.6. The van der Waals surface area contributed by atoms with Gasteiger partial charge in [-0.25, -0.2) is 18.8 Å². The molecule has 17 heteroatoms. The summed E-state index contributed by atoms with van der Waals surface area (Å²) in [5.74, 6) is -2.45. The lowest BCUT2D eigenvalue weighted by atomic mass is 10.0. The van der Waals surface area contributed by atoms with Crippen molar-refractivity contribution >= 4 is 35.3 Å². The molecule has 0 spiro atoms. The van der Waals surface area contributed by atoms with Crippen LogP contribution in [-0.2, 0) is 16.0 Å². The first-order chi connectivity index (χ1) is 19.9. The summed E-state index contributed by atoms with van der Waals surface area (Å²) in [6.07, 6.45) is -3.06. The molecule has 2 aromatic heterocycles. The van der Waals surface area contributed by atoms with Gasteiger partial charge in [0.2, 0.25) is 0 Å². The van der Waals surface area contributed by atoms with Gasteiger partial charge in [-0.2, -0.15) is 13.2 Å². The topological polar surface area (TPSA) is 152 Å². The Kier molecular flexibility index (Phi) is 9.26. The number of rotatable bonds is 10. The van der Waals surface area contributed by atoms with Crippen LogP contribution in [0.4, 0.5) is 28.2 Å². The van der Waals surface area contributed by atoms with Gasteiger partial charge in [-0.3, -0.25) is 9.59 Å². The number of carbonyl (C=O) groups is 3. The average Bonchev–Trinajstić information content (AvgIpc) is 3.58. The lowest BCUT2D eigenvalue weighted by Gasteiger charge is -2.27. The van der Waals surface area contributed by atoms with Gasteiger partial charge in [0, 0.05) is 13.3 Å². The third-order valence-corrected chi connectivity index (χ3v) is 6.66. The first-order valence-electron chi connectivity index (χ1n) is 12.4. The number of alkyl halides is 3. The highest BCUT2D eigenvalue weighted by Gasteiger charge is 2.48. The van der Waals surface area contributed by atoms with Crippen LogP contribution >= 0.6 is 11.6 Å². The fourth-order valence-corrected chi connectivity index (χ4v) is 4.45. The van der Waals surface area contributed by atoms with E-state index in [0.717, 1.165) is 17.0 Å². The van der Waals surface area contributed by atoms with Gasteiger partial charge in [0.25, 0.3) is 11.8 Å². The number of amides is 4. The Morgan fingerprint density at radius 3 is 2.64 bits per heavy atom. The van der Waals surface area contributed by atoms with Crippen molar-refractivity contribution in [2.45, 2.75) is 37.6 Å². The number of aryl methyl sites for hydroxylation is 1. The Bertz CT molecular complexity index is 1470. The minimum Gasteiger partial charge on any atom is -0.382 e. The van der Waals surface area contributed by atoms with Gasteiger partial charge < -0.3 is 25.6 Å². The molecule has 0 saturated carbocycles. The second-order valence-corrected chi connectivity index (χ2v) is 9.53. The van der Waals surface area contributed by atoms with Gasteiger partial charge in [-0.15, -0.1) is 0 Å². The van der Waals surface area contributed by atoms with E-state index in [2.05, 4.69) is 30.6 Å². The van der Waals surface area contributed by atoms with E-state index in [0.29, 0.717) is 12.0 Å². The van der Waals surface area contributed by atoms with Crippen LogP contribution in [0.3, 0.4) is 0 Å². The SMILES string of the molecule is CCc1nonc1C(=O)N[C@H](C(=O)Nc1cc([C@@H](COC)N2C[C@@H](C(F)(F)F)NC2=O)ccn1)c1ccc(F)c(Cl)c1. The van der Waals surface area contributed by atoms with Crippen LogP contribution < -0.4 is 16.0 Å². The molecule has 12 nitrogen and oxygen atoms in total. The number of anilines is 1. The average molecular weight is 614 g/mol. The second-order valence-electron chi connectivity index (χ2n) is 9.12. The van der Waals surface area contributed by atoms with Crippen LogP contribution in [0.25, 0.3) is 0 Å². The molecule has 42 heavy (non-hydrogen) atoms. The van der Waals surface area contributed by atoms with Crippen molar-refractivity contribution in [1.29, 1.82) is 0 Å². The number of methoxy groups -OCH3 is 1. The van der Waals surface area contributed by atoms with Crippen molar-refractivity contribution in [3.63, 3.8) is 0 Å². The smallest absolute Gasteiger partial charge is 0.382 e. The Morgan fingerprint density at radius 1 is 1.24 bits per heavy atom.